The Balaban J connectivity index is 2.39. The van der Waals surface area contributed by atoms with Crippen molar-refractivity contribution in [2.75, 3.05) is 0 Å². The van der Waals surface area contributed by atoms with Crippen LogP contribution in [0.2, 0.25) is 5.02 Å². The topological polar surface area (TPSA) is 43.4 Å². The molecule has 3 nitrogen and oxygen atoms in total. The molecule has 100 valence electrons. The smallest absolute Gasteiger partial charge is 0.339 e. The first-order valence-corrected chi connectivity index (χ1v) is 7.45. The Hall–Kier alpha value is -1.52. The summed E-state index contributed by atoms with van der Waals surface area (Å²) in [5.74, 6) is 0.333. The maximum atomic E-state index is 12.1. The lowest BCUT2D eigenvalue weighted by atomic mass is 10.1. The Bertz CT molecular complexity index is 708. The quantitative estimate of drug-likeness (QED) is 0.811. The maximum Gasteiger partial charge on any atom is 0.339 e. The molecule has 0 radical (unpaired) electrons. The van der Waals surface area contributed by atoms with Crippen LogP contribution in [0.15, 0.2) is 47.4 Å². The number of halogens is 1. The predicted octanol–water partition coefficient (Wildman–Crippen LogP) is 3.72. The highest BCUT2D eigenvalue weighted by molar-refractivity contribution is 7.87. The Morgan fingerprint density at radius 2 is 1.74 bits per heavy atom. The van der Waals surface area contributed by atoms with Crippen LogP contribution in [0.25, 0.3) is 0 Å². The standard InChI is InChI=1S/C14H13ClO3S/c1-10-5-3-8-14(11(10)2)18-19(16,17)13-7-4-6-12(15)9-13/h3-9H,1-2H3. The van der Waals surface area contributed by atoms with Gasteiger partial charge in [0.15, 0.2) is 0 Å². The molecule has 0 saturated carbocycles. The third-order valence-electron chi connectivity index (χ3n) is 2.84. The molecule has 2 aromatic carbocycles. The van der Waals surface area contributed by atoms with Crippen LogP contribution in [-0.2, 0) is 10.1 Å². The van der Waals surface area contributed by atoms with Crippen LogP contribution >= 0.6 is 11.6 Å². The number of hydrogen-bond donors (Lipinski definition) is 0. The molecule has 0 aromatic heterocycles. The van der Waals surface area contributed by atoms with Gasteiger partial charge in [0.1, 0.15) is 10.6 Å². The van der Waals surface area contributed by atoms with E-state index in [1.54, 1.807) is 24.3 Å². The van der Waals surface area contributed by atoms with Gasteiger partial charge in [0.2, 0.25) is 0 Å². The molecule has 0 spiro atoms. The van der Waals surface area contributed by atoms with Gasteiger partial charge in [-0.15, -0.1) is 0 Å². The van der Waals surface area contributed by atoms with Crippen LogP contribution in [0.5, 0.6) is 5.75 Å². The molecule has 0 amide bonds. The molecular formula is C14H13ClO3S. The van der Waals surface area contributed by atoms with Crippen molar-refractivity contribution in [3.63, 3.8) is 0 Å². The lowest BCUT2D eigenvalue weighted by Gasteiger charge is -2.11. The van der Waals surface area contributed by atoms with E-state index >= 15 is 0 Å². The highest BCUT2D eigenvalue weighted by atomic mass is 35.5. The lowest BCUT2D eigenvalue weighted by molar-refractivity contribution is 0.484. The molecule has 2 rings (SSSR count). The maximum absolute atomic E-state index is 12.1. The molecule has 0 unspecified atom stereocenters. The Labute approximate surface area is 117 Å². The van der Waals surface area contributed by atoms with E-state index in [-0.39, 0.29) is 4.90 Å². The van der Waals surface area contributed by atoms with E-state index in [1.807, 2.05) is 19.9 Å². The number of aryl methyl sites for hydroxylation is 1. The van der Waals surface area contributed by atoms with E-state index in [2.05, 4.69) is 0 Å². The van der Waals surface area contributed by atoms with Crippen molar-refractivity contribution in [1.82, 2.24) is 0 Å². The van der Waals surface area contributed by atoms with Gasteiger partial charge in [-0.1, -0.05) is 29.8 Å². The second kappa shape index (κ2) is 5.23. The van der Waals surface area contributed by atoms with Crippen LogP contribution < -0.4 is 4.18 Å². The minimum atomic E-state index is -3.86. The van der Waals surface area contributed by atoms with Crippen molar-refractivity contribution in [3.05, 3.63) is 58.6 Å². The van der Waals surface area contributed by atoms with Gasteiger partial charge in [-0.25, -0.2) is 0 Å². The second-order valence-electron chi connectivity index (χ2n) is 4.19. The normalized spacial score (nSPS) is 11.3. The summed E-state index contributed by atoms with van der Waals surface area (Å²) in [5.41, 5.74) is 1.77. The fourth-order valence-corrected chi connectivity index (χ4v) is 2.89. The van der Waals surface area contributed by atoms with Crippen LogP contribution in [0.3, 0.4) is 0 Å². The van der Waals surface area contributed by atoms with Gasteiger partial charge in [0, 0.05) is 5.02 Å². The summed E-state index contributed by atoms with van der Waals surface area (Å²) in [5, 5.41) is 0.352. The van der Waals surface area contributed by atoms with Gasteiger partial charge in [0.05, 0.1) is 0 Å². The third-order valence-corrected chi connectivity index (χ3v) is 4.30. The van der Waals surface area contributed by atoms with Crippen LogP contribution in [0.4, 0.5) is 0 Å². The van der Waals surface area contributed by atoms with E-state index in [9.17, 15) is 8.42 Å². The van der Waals surface area contributed by atoms with E-state index in [1.165, 1.54) is 12.1 Å². The van der Waals surface area contributed by atoms with Gasteiger partial charge in [-0.3, -0.25) is 0 Å². The van der Waals surface area contributed by atoms with Crippen molar-refractivity contribution in [2.45, 2.75) is 18.7 Å². The van der Waals surface area contributed by atoms with Crippen LogP contribution in [0, 0.1) is 13.8 Å². The summed E-state index contributed by atoms with van der Waals surface area (Å²) in [6.07, 6.45) is 0. The molecule has 0 aliphatic carbocycles. The zero-order valence-corrected chi connectivity index (χ0v) is 12.1. The van der Waals surface area contributed by atoms with Crippen molar-refractivity contribution in [1.29, 1.82) is 0 Å². The molecule has 0 heterocycles. The summed E-state index contributed by atoms with van der Waals surface area (Å²) < 4.78 is 29.4. The number of benzene rings is 2. The van der Waals surface area contributed by atoms with E-state index in [4.69, 9.17) is 15.8 Å². The van der Waals surface area contributed by atoms with Crippen molar-refractivity contribution >= 4 is 21.7 Å². The fourth-order valence-electron chi connectivity index (χ4n) is 1.60. The molecule has 0 aliphatic rings. The predicted molar refractivity (Wildman–Crippen MR) is 75.2 cm³/mol. The Kier molecular flexibility index (Phi) is 3.83. The monoisotopic (exact) mass is 296 g/mol. The van der Waals surface area contributed by atoms with Crippen molar-refractivity contribution < 1.29 is 12.6 Å². The first-order valence-electron chi connectivity index (χ1n) is 5.66. The number of hydrogen-bond acceptors (Lipinski definition) is 3. The molecule has 5 heteroatoms. The first-order chi connectivity index (χ1) is 8.90. The highest BCUT2D eigenvalue weighted by Gasteiger charge is 2.18. The summed E-state index contributed by atoms with van der Waals surface area (Å²) in [6, 6.07) is 11.3. The van der Waals surface area contributed by atoms with Gasteiger partial charge in [-0.05, 0) is 49.2 Å². The van der Waals surface area contributed by atoms with Crippen LogP contribution in [-0.4, -0.2) is 8.42 Å². The minimum Gasteiger partial charge on any atom is -0.379 e. The van der Waals surface area contributed by atoms with Gasteiger partial charge >= 0.3 is 10.1 Å². The van der Waals surface area contributed by atoms with Crippen molar-refractivity contribution in [2.24, 2.45) is 0 Å². The van der Waals surface area contributed by atoms with E-state index in [0.29, 0.717) is 10.8 Å². The second-order valence-corrected chi connectivity index (χ2v) is 6.18. The molecule has 0 aliphatic heterocycles. The number of rotatable bonds is 3. The Morgan fingerprint density at radius 3 is 2.42 bits per heavy atom. The van der Waals surface area contributed by atoms with E-state index < -0.39 is 10.1 Å². The van der Waals surface area contributed by atoms with E-state index in [0.717, 1.165) is 11.1 Å². The minimum absolute atomic E-state index is 0.0425. The molecule has 0 fully saturated rings. The zero-order valence-electron chi connectivity index (χ0n) is 10.6. The largest absolute Gasteiger partial charge is 0.379 e. The molecular weight excluding hydrogens is 284 g/mol. The molecule has 0 N–H and O–H groups in total. The molecule has 0 saturated heterocycles. The summed E-state index contributed by atoms with van der Waals surface area (Å²) in [6.45, 7) is 3.71. The lowest BCUT2D eigenvalue weighted by Crippen LogP contribution is -2.10. The molecule has 2 aromatic rings. The van der Waals surface area contributed by atoms with Gasteiger partial charge in [-0.2, -0.15) is 8.42 Å². The van der Waals surface area contributed by atoms with Crippen molar-refractivity contribution in [3.8, 4) is 5.75 Å². The summed E-state index contributed by atoms with van der Waals surface area (Å²) in [4.78, 5) is 0.0425. The summed E-state index contributed by atoms with van der Waals surface area (Å²) >= 11 is 5.79. The fraction of sp³-hybridized carbons (Fsp3) is 0.143. The SMILES string of the molecule is Cc1cccc(OS(=O)(=O)c2cccc(Cl)c2)c1C. The zero-order chi connectivity index (χ0) is 14.0. The first kappa shape index (κ1) is 13.9. The average Bonchev–Trinajstić information content (AvgIpc) is 2.35. The average molecular weight is 297 g/mol. The highest BCUT2D eigenvalue weighted by Crippen LogP contribution is 2.25. The third kappa shape index (κ3) is 3.08. The Morgan fingerprint density at radius 1 is 1.05 bits per heavy atom. The molecule has 0 bridgehead atoms. The van der Waals surface area contributed by atoms with Crippen LogP contribution in [0.1, 0.15) is 11.1 Å². The molecule has 0 atom stereocenters. The van der Waals surface area contributed by atoms with Gasteiger partial charge in [0.25, 0.3) is 0 Å². The summed E-state index contributed by atoms with van der Waals surface area (Å²) in [7, 11) is -3.86. The van der Waals surface area contributed by atoms with Gasteiger partial charge < -0.3 is 4.18 Å². The molecule has 19 heavy (non-hydrogen) atoms.